The molecule has 2 bridgehead atoms. The smallest absolute Gasteiger partial charge is 0.150 e. The lowest BCUT2D eigenvalue weighted by Gasteiger charge is -2.45. The SMILES string of the molecule is O=Cc1ccc(C2=CC3CCCC(C2)N3Cc2ccccc2)cc1. The number of fused-ring (bicyclic) bond motifs is 2. The lowest BCUT2D eigenvalue weighted by Crippen LogP contribution is -2.47. The fourth-order valence-electron chi connectivity index (χ4n) is 4.15. The summed E-state index contributed by atoms with van der Waals surface area (Å²) >= 11 is 0. The van der Waals surface area contributed by atoms with Gasteiger partial charge in [0.25, 0.3) is 0 Å². The molecule has 2 heterocycles. The van der Waals surface area contributed by atoms with Crippen molar-refractivity contribution in [1.82, 2.24) is 4.90 Å². The Balaban J connectivity index is 1.58. The molecule has 2 unspecified atom stereocenters. The highest BCUT2D eigenvalue weighted by atomic mass is 16.1. The van der Waals surface area contributed by atoms with E-state index in [4.69, 9.17) is 0 Å². The van der Waals surface area contributed by atoms with Crippen LogP contribution in [0.2, 0.25) is 0 Å². The second-order valence-electron chi connectivity index (χ2n) is 6.95. The van der Waals surface area contributed by atoms with Crippen molar-refractivity contribution in [1.29, 1.82) is 0 Å². The number of aldehydes is 1. The van der Waals surface area contributed by atoms with E-state index < -0.39 is 0 Å². The van der Waals surface area contributed by atoms with Gasteiger partial charge in [0, 0.05) is 24.2 Å². The van der Waals surface area contributed by atoms with Crippen LogP contribution in [0.1, 0.15) is 47.2 Å². The minimum Gasteiger partial charge on any atom is -0.298 e. The Morgan fingerprint density at radius 3 is 2.50 bits per heavy atom. The number of piperidine rings is 1. The number of hydrogen-bond donors (Lipinski definition) is 0. The molecule has 1 saturated heterocycles. The van der Waals surface area contributed by atoms with Crippen LogP contribution >= 0.6 is 0 Å². The fourth-order valence-corrected chi connectivity index (χ4v) is 4.15. The maximum atomic E-state index is 10.8. The van der Waals surface area contributed by atoms with E-state index in [0.29, 0.717) is 12.1 Å². The normalized spacial score (nSPS) is 23.6. The molecule has 0 aromatic heterocycles. The highest BCUT2D eigenvalue weighted by Gasteiger charge is 2.33. The van der Waals surface area contributed by atoms with Crippen molar-refractivity contribution in [2.24, 2.45) is 0 Å². The molecule has 1 fully saturated rings. The Labute approximate surface area is 143 Å². The molecule has 24 heavy (non-hydrogen) atoms. The predicted molar refractivity (Wildman–Crippen MR) is 97.8 cm³/mol. The van der Waals surface area contributed by atoms with Crippen molar-refractivity contribution in [3.63, 3.8) is 0 Å². The van der Waals surface area contributed by atoms with E-state index in [9.17, 15) is 4.79 Å². The van der Waals surface area contributed by atoms with Gasteiger partial charge in [-0.1, -0.05) is 67.1 Å². The fraction of sp³-hybridized carbons (Fsp3) is 0.318. The Bertz CT molecular complexity index is 732. The number of carbonyl (C=O) groups excluding carboxylic acids is 1. The highest BCUT2D eigenvalue weighted by molar-refractivity contribution is 5.77. The molecule has 2 atom stereocenters. The van der Waals surface area contributed by atoms with Gasteiger partial charge in [0.05, 0.1) is 0 Å². The third-order valence-corrected chi connectivity index (χ3v) is 5.41. The van der Waals surface area contributed by atoms with Gasteiger partial charge in [-0.25, -0.2) is 0 Å². The number of nitrogens with zero attached hydrogens (tertiary/aromatic N) is 1. The first-order chi connectivity index (χ1) is 11.8. The van der Waals surface area contributed by atoms with Crippen LogP contribution in [0.5, 0.6) is 0 Å². The molecule has 0 spiro atoms. The van der Waals surface area contributed by atoms with Gasteiger partial charge in [0.2, 0.25) is 0 Å². The van der Waals surface area contributed by atoms with Gasteiger partial charge in [-0.2, -0.15) is 0 Å². The summed E-state index contributed by atoms with van der Waals surface area (Å²) in [4.78, 5) is 13.5. The summed E-state index contributed by atoms with van der Waals surface area (Å²) in [6, 6.07) is 20.0. The maximum Gasteiger partial charge on any atom is 0.150 e. The first-order valence-electron chi connectivity index (χ1n) is 8.89. The van der Waals surface area contributed by atoms with E-state index in [0.717, 1.165) is 24.8 Å². The van der Waals surface area contributed by atoms with E-state index in [2.05, 4.69) is 53.4 Å². The zero-order chi connectivity index (χ0) is 16.4. The topological polar surface area (TPSA) is 20.3 Å². The molecular formula is C22H23NO. The molecule has 2 aliphatic heterocycles. The van der Waals surface area contributed by atoms with Crippen molar-refractivity contribution in [2.75, 3.05) is 0 Å². The monoisotopic (exact) mass is 317 g/mol. The van der Waals surface area contributed by atoms with E-state index in [-0.39, 0.29) is 0 Å². The van der Waals surface area contributed by atoms with Gasteiger partial charge in [-0.05, 0) is 36.0 Å². The molecule has 0 N–H and O–H groups in total. The third kappa shape index (κ3) is 3.07. The summed E-state index contributed by atoms with van der Waals surface area (Å²) in [7, 11) is 0. The molecule has 2 nitrogen and oxygen atoms in total. The molecule has 2 heteroatoms. The number of hydrogen-bond acceptors (Lipinski definition) is 2. The van der Waals surface area contributed by atoms with Crippen molar-refractivity contribution >= 4 is 11.9 Å². The second-order valence-corrected chi connectivity index (χ2v) is 6.95. The average molecular weight is 317 g/mol. The van der Waals surface area contributed by atoms with Crippen molar-refractivity contribution in [3.05, 3.63) is 77.4 Å². The summed E-state index contributed by atoms with van der Waals surface area (Å²) in [5.74, 6) is 0. The van der Waals surface area contributed by atoms with Gasteiger partial charge in [0.1, 0.15) is 6.29 Å². The third-order valence-electron chi connectivity index (χ3n) is 5.41. The Morgan fingerprint density at radius 1 is 1.00 bits per heavy atom. The van der Waals surface area contributed by atoms with Crippen LogP contribution in [0.4, 0.5) is 0 Å². The van der Waals surface area contributed by atoms with Crippen LogP contribution < -0.4 is 0 Å². The minimum atomic E-state index is 0.540. The van der Waals surface area contributed by atoms with E-state index in [1.165, 1.54) is 36.0 Å². The summed E-state index contributed by atoms with van der Waals surface area (Å²) < 4.78 is 0. The first-order valence-corrected chi connectivity index (χ1v) is 8.89. The molecular weight excluding hydrogens is 294 g/mol. The van der Waals surface area contributed by atoms with Gasteiger partial charge >= 0.3 is 0 Å². The minimum absolute atomic E-state index is 0.540. The quantitative estimate of drug-likeness (QED) is 0.761. The molecule has 2 aromatic rings. The van der Waals surface area contributed by atoms with Gasteiger partial charge in [0.15, 0.2) is 0 Å². The van der Waals surface area contributed by atoms with Crippen molar-refractivity contribution in [3.8, 4) is 0 Å². The molecule has 0 saturated carbocycles. The highest BCUT2D eigenvalue weighted by Crippen LogP contribution is 2.37. The largest absolute Gasteiger partial charge is 0.298 e. The average Bonchev–Trinajstić information content (AvgIpc) is 2.62. The molecule has 2 aliphatic rings. The summed E-state index contributed by atoms with van der Waals surface area (Å²) in [5, 5.41) is 0. The predicted octanol–water partition coefficient (Wildman–Crippen LogP) is 4.71. The Hall–Kier alpha value is -2.19. The van der Waals surface area contributed by atoms with E-state index in [1.54, 1.807) is 0 Å². The molecule has 0 amide bonds. The van der Waals surface area contributed by atoms with Crippen molar-refractivity contribution < 1.29 is 4.79 Å². The zero-order valence-electron chi connectivity index (χ0n) is 13.9. The van der Waals surface area contributed by atoms with Crippen LogP contribution in [0.25, 0.3) is 5.57 Å². The van der Waals surface area contributed by atoms with E-state index in [1.807, 2.05) is 12.1 Å². The van der Waals surface area contributed by atoms with Gasteiger partial charge < -0.3 is 0 Å². The van der Waals surface area contributed by atoms with Crippen LogP contribution in [-0.2, 0) is 6.54 Å². The molecule has 4 rings (SSSR count). The summed E-state index contributed by atoms with van der Waals surface area (Å²) in [6.45, 7) is 1.05. The number of benzene rings is 2. The summed E-state index contributed by atoms with van der Waals surface area (Å²) in [5.41, 5.74) is 4.88. The molecule has 0 radical (unpaired) electrons. The Kier molecular flexibility index (Phi) is 4.31. The number of carbonyl (C=O) groups is 1. The van der Waals surface area contributed by atoms with Crippen LogP contribution in [0, 0.1) is 0 Å². The lowest BCUT2D eigenvalue weighted by atomic mass is 9.82. The van der Waals surface area contributed by atoms with E-state index >= 15 is 0 Å². The standard InChI is InChI=1S/C22H23NO/c24-16-18-9-11-19(12-10-18)20-13-21-7-4-8-22(14-20)23(21)15-17-5-2-1-3-6-17/h1-3,5-6,9-13,16,21-22H,4,7-8,14-15H2. The Morgan fingerprint density at radius 2 is 1.79 bits per heavy atom. The van der Waals surface area contributed by atoms with Crippen LogP contribution in [0.15, 0.2) is 60.7 Å². The molecule has 122 valence electrons. The van der Waals surface area contributed by atoms with Crippen molar-refractivity contribution in [2.45, 2.75) is 44.3 Å². The lowest BCUT2D eigenvalue weighted by molar-refractivity contribution is 0.0951. The molecule has 2 aromatic carbocycles. The van der Waals surface area contributed by atoms with Crippen LogP contribution in [0.3, 0.4) is 0 Å². The van der Waals surface area contributed by atoms with Gasteiger partial charge in [-0.15, -0.1) is 0 Å². The van der Waals surface area contributed by atoms with Crippen LogP contribution in [-0.4, -0.2) is 23.3 Å². The maximum absolute atomic E-state index is 10.8. The first kappa shape index (κ1) is 15.3. The number of rotatable bonds is 4. The zero-order valence-corrected chi connectivity index (χ0v) is 13.9. The van der Waals surface area contributed by atoms with Gasteiger partial charge in [-0.3, -0.25) is 9.69 Å². The molecule has 0 aliphatic carbocycles. The summed E-state index contributed by atoms with van der Waals surface area (Å²) in [6.07, 6.45) is 8.36. The second kappa shape index (κ2) is 6.74.